The number of anilines is 1. The number of ether oxygens (including phenoxy) is 1. The monoisotopic (exact) mass is 475 g/mol. The highest BCUT2D eigenvalue weighted by atomic mass is 35.5. The zero-order valence-corrected chi connectivity index (χ0v) is 19.5. The van der Waals surface area contributed by atoms with Gasteiger partial charge in [-0.15, -0.1) is 0 Å². The Morgan fingerprint density at radius 1 is 1.12 bits per heavy atom. The van der Waals surface area contributed by atoms with Gasteiger partial charge >= 0.3 is 0 Å². The molecule has 0 aliphatic rings. The van der Waals surface area contributed by atoms with Crippen LogP contribution in [0.15, 0.2) is 48.7 Å². The van der Waals surface area contributed by atoms with Gasteiger partial charge in [-0.2, -0.15) is 0 Å². The highest BCUT2D eigenvalue weighted by molar-refractivity contribution is 6.36. The number of carbonyl (C=O) groups excluding carboxylic acids is 1. The van der Waals surface area contributed by atoms with Crippen molar-refractivity contribution in [2.75, 3.05) is 12.3 Å². The number of carbonyl (C=O) groups is 1. The van der Waals surface area contributed by atoms with Crippen molar-refractivity contribution in [1.82, 2.24) is 10.3 Å². The third-order valence-corrected chi connectivity index (χ3v) is 5.54. The van der Waals surface area contributed by atoms with E-state index in [2.05, 4.69) is 10.3 Å². The number of aromatic nitrogens is 1. The second-order valence-electron chi connectivity index (χ2n) is 7.81. The quantitative estimate of drug-likeness (QED) is 0.392. The molecule has 0 radical (unpaired) electrons. The van der Waals surface area contributed by atoms with Crippen molar-refractivity contribution in [3.63, 3.8) is 0 Å². The number of benzene rings is 2. The maximum atomic E-state index is 13.9. The number of nitrogens with two attached hydrogens (primary N) is 1. The summed E-state index contributed by atoms with van der Waals surface area (Å²) in [6, 6.07) is 11.5. The van der Waals surface area contributed by atoms with Gasteiger partial charge in [0.1, 0.15) is 11.9 Å². The van der Waals surface area contributed by atoms with Crippen molar-refractivity contribution < 1.29 is 13.9 Å². The van der Waals surface area contributed by atoms with Crippen LogP contribution >= 0.6 is 23.2 Å². The topological polar surface area (TPSA) is 77.2 Å². The Morgan fingerprint density at radius 2 is 1.81 bits per heavy atom. The standard InChI is InChI=1S/C24H24Cl2FN3O2/c1-13(2)11-30-24(31)16-6-4-15(5-7-16)17-10-20(23(28)29-12-17)32-14(3)21-18(25)8-9-19(27)22(21)26/h4-10,12-14H,11H2,1-3H3,(H2,28,29)(H,30,31). The molecule has 0 bridgehead atoms. The maximum Gasteiger partial charge on any atom is 0.251 e. The van der Waals surface area contributed by atoms with E-state index >= 15 is 0 Å². The van der Waals surface area contributed by atoms with E-state index in [1.807, 2.05) is 26.0 Å². The average Bonchev–Trinajstić information content (AvgIpc) is 2.76. The minimum Gasteiger partial charge on any atom is -0.482 e. The largest absolute Gasteiger partial charge is 0.482 e. The van der Waals surface area contributed by atoms with Crippen LogP contribution in [-0.2, 0) is 0 Å². The summed E-state index contributed by atoms with van der Waals surface area (Å²) in [5.41, 5.74) is 8.46. The number of halogens is 3. The van der Waals surface area contributed by atoms with Gasteiger partial charge in [0.25, 0.3) is 5.91 Å². The first kappa shape index (κ1) is 23.8. The summed E-state index contributed by atoms with van der Waals surface area (Å²) in [5.74, 6) is 0.150. The normalized spacial score (nSPS) is 12.0. The predicted molar refractivity (Wildman–Crippen MR) is 127 cm³/mol. The van der Waals surface area contributed by atoms with Gasteiger partial charge in [0.2, 0.25) is 0 Å². The van der Waals surface area contributed by atoms with Crippen LogP contribution in [0, 0.1) is 11.7 Å². The van der Waals surface area contributed by atoms with Gasteiger partial charge in [-0.05, 0) is 48.7 Å². The summed E-state index contributed by atoms with van der Waals surface area (Å²) >= 11 is 12.3. The zero-order valence-electron chi connectivity index (χ0n) is 18.0. The number of pyridine rings is 1. The first-order valence-corrected chi connectivity index (χ1v) is 10.9. The summed E-state index contributed by atoms with van der Waals surface area (Å²) in [5, 5.41) is 3.08. The second-order valence-corrected chi connectivity index (χ2v) is 8.59. The van der Waals surface area contributed by atoms with Crippen LogP contribution in [0.4, 0.5) is 10.2 Å². The Labute approximate surface area is 196 Å². The molecule has 3 N–H and O–H groups in total. The molecule has 2 aromatic carbocycles. The van der Waals surface area contributed by atoms with Gasteiger partial charge in [0.15, 0.2) is 11.6 Å². The van der Waals surface area contributed by atoms with Crippen molar-refractivity contribution in [2.45, 2.75) is 26.9 Å². The Hall–Kier alpha value is -2.83. The van der Waals surface area contributed by atoms with Crippen LogP contribution in [0.3, 0.4) is 0 Å². The van der Waals surface area contributed by atoms with Gasteiger partial charge in [-0.25, -0.2) is 9.37 Å². The van der Waals surface area contributed by atoms with E-state index in [4.69, 9.17) is 33.7 Å². The summed E-state index contributed by atoms with van der Waals surface area (Å²) in [6.07, 6.45) is 0.945. The van der Waals surface area contributed by atoms with Crippen LogP contribution in [0.25, 0.3) is 11.1 Å². The molecule has 0 saturated heterocycles. The number of rotatable bonds is 7. The molecule has 5 nitrogen and oxygen atoms in total. The lowest BCUT2D eigenvalue weighted by Crippen LogP contribution is -2.27. The lowest BCUT2D eigenvalue weighted by molar-refractivity contribution is 0.0949. The smallest absolute Gasteiger partial charge is 0.251 e. The minimum atomic E-state index is -0.669. The van der Waals surface area contributed by atoms with Crippen molar-refractivity contribution in [3.8, 4) is 16.9 Å². The molecule has 1 amide bonds. The predicted octanol–water partition coefficient (Wildman–Crippen LogP) is 6.30. The Kier molecular flexibility index (Phi) is 7.59. The molecule has 0 aliphatic carbocycles. The number of hydrogen-bond donors (Lipinski definition) is 2. The van der Waals surface area contributed by atoms with E-state index in [9.17, 15) is 9.18 Å². The van der Waals surface area contributed by atoms with Crippen LogP contribution in [0.2, 0.25) is 10.0 Å². The van der Waals surface area contributed by atoms with Crippen LogP contribution < -0.4 is 15.8 Å². The minimum absolute atomic E-state index is 0.0981. The van der Waals surface area contributed by atoms with Crippen LogP contribution in [0.5, 0.6) is 5.75 Å². The number of nitrogens with zero attached hydrogens (tertiary/aromatic N) is 1. The molecular weight excluding hydrogens is 452 g/mol. The first-order valence-electron chi connectivity index (χ1n) is 10.1. The molecule has 0 spiro atoms. The lowest BCUT2D eigenvalue weighted by Gasteiger charge is -2.19. The third kappa shape index (κ3) is 5.50. The van der Waals surface area contributed by atoms with Crippen LogP contribution in [-0.4, -0.2) is 17.4 Å². The highest BCUT2D eigenvalue weighted by Crippen LogP contribution is 2.37. The summed E-state index contributed by atoms with van der Waals surface area (Å²) in [6.45, 7) is 6.38. The molecule has 0 fully saturated rings. The average molecular weight is 476 g/mol. The Balaban J connectivity index is 1.82. The fourth-order valence-electron chi connectivity index (χ4n) is 3.09. The SMILES string of the molecule is CC(C)CNC(=O)c1ccc(-c2cnc(N)c(OC(C)c3c(Cl)ccc(F)c3Cl)c2)cc1. The summed E-state index contributed by atoms with van der Waals surface area (Å²) in [4.78, 5) is 16.4. The molecule has 168 valence electrons. The Bertz CT molecular complexity index is 1120. The molecule has 1 atom stereocenters. The zero-order chi connectivity index (χ0) is 23.4. The third-order valence-electron chi connectivity index (χ3n) is 4.82. The number of amides is 1. The maximum absolute atomic E-state index is 13.9. The number of hydrogen-bond acceptors (Lipinski definition) is 4. The second kappa shape index (κ2) is 10.2. The van der Waals surface area contributed by atoms with Gasteiger partial charge in [0, 0.05) is 34.5 Å². The molecule has 8 heteroatoms. The summed E-state index contributed by atoms with van der Waals surface area (Å²) in [7, 11) is 0. The van der Waals surface area contributed by atoms with Crippen molar-refractivity contribution in [2.24, 2.45) is 5.92 Å². The van der Waals surface area contributed by atoms with E-state index < -0.39 is 11.9 Å². The number of nitrogen functional groups attached to an aromatic ring is 1. The van der Waals surface area contributed by atoms with Gasteiger partial charge in [-0.1, -0.05) is 49.2 Å². The molecule has 1 unspecified atom stereocenters. The molecule has 0 aliphatic heterocycles. The van der Waals surface area contributed by atoms with E-state index in [0.717, 1.165) is 11.1 Å². The molecule has 1 heterocycles. The van der Waals surface area contributed by atoms with Crippen molar-refractivity contribution in [3.05, 3.63) is 75.7 Å². The van der Waals surface area contributed by atoms with E-state index in [1.54, 1.807) is 31.3 Å². The summed E-state index contributed by atoms with van der Waals surface area (Å²) < 4.78 is 19.8. The van der Waals surface area contributed by atoms with E-state index in [1.165, 1.54) is 12.1 Å². The van der Waals surface area contributed by atoms with E-state index in [-0.39, 0.29) is 21.8 Å². The lowest BCUT2D eigenvalue weighted by atomic mass is 10.0. The van der Waals surface area contributed by atoms with Gasteiger partial charge < -0.3 is 15.8 Å². The van der Waals surface area contributed by atoms with Crippen molar-refractivity contribution in [1.29, 1.82) is 0 Å². The number of nitrogens with one attached hydrogen (secondary N) is 1. The fraction of sp³-hybridized carbons (Fsp3) is 0.250. The highest BCUT2D eigenvalue weighted by Gasteiger charge is 2.20. The Morgan fingerprint density at radius 3 is 2.47 bits per heavy atom. The van der Waals surface area contributed by atoms with Gasteiger partial charge in [-0.3, -0.25) is 4.79 Å². The fourth-order valence-corrected chi connectivity index (χ4v) is 3.76. The first-order chi connectivity index (χ1) is 15.2. The van der Waals surface area contributed by atoms with Crippen molar-refractivity contribution >= 4 is 34.9 Å². The van der Waals surface area contributed by atoms with E-state index in [0.29, 0.717) is 29.3 Å². The van der Waals surface area contributed by atoms with Crippen LogP contribution in [0.1, 0.15) is 42.8 Å². The molecule has 1 aromatic heterocycles. The van der Waals surface area contributed by atoms with Gasteiger partial charge in [0.05, 0.1) is 5.02 Å². The molecule has 0 saturated carbocycles. The molecule has 3 aromatic rings. The molecular formula is C24H24Cl2FN3O2. The molecule has 3 rings (SSSR count). The molecule has 32 heavy (non-hydrogen) atoms.